The van der Waals surface area contributed by atoms with E-state index in [1.807, 2.05) is 47.4 Å². The van der Waals surface area contributed by atoms with Crippen molar-refractivity contribution in [1.82, 2.24) is 15.2 Å². The van der Waals surface area contributed by atoms with E-state index < -0.39 is 0 Å². The van der Waals surface area contributed by atoms with E-state index in [-0.39, 0.29) is 6.04 Å². The smallest absolute Gasteiger partial charge is 0.0645 e. The third-order valence-electron chi connectivity index (χ3n) is 2.93. The summed E-state index contributed by atoms with van der Waals surface area (Å²) in [4.78, 5) is 0. The molecule has 0 aliphatic heterocycles. The highest BCUT2D eigenvalue weighted by Gasteiger charge is 2.13. The van der Waals surface area contributed by atoms with Gasteiger partial charge >= 0.3 is 0 Å². The van der Waals surface area contributed by atoms with Crippen LogP contribution in [0.1, 0.15) is 31.9 Å². The van der Waals surface area contributed by atoms with E-state index in [0.717, 1.165) is 17.7 Å². The van der Waals surface area contributed by atoms with Gasteiger partial charge < -0.3 is 0 Å². The van der Waals surface area contributed by atoms with Crippen LogP contribution >= 0.6 is 0 Å². The molecule has 1 aromatic heterocycles. The maximum atomic E-state index is 5.61. The Labute approximate surface area is 108 Å². The number of hydrogen-bond acceptors (Lipinski definition) is 3. The SMILES string of the molecule is CC(C)CC(NN)c1cnn(-c2ccccc2)c1. The van der Waals surface area contributed by atoms with Crippen LogP contribution in [0.15, 0.2) is 42.7 Å². The highest BCUT2D eigenvalue weighted by Crippen LogP contribution is 2.20. The zero-order valence-corrected chi connectivity index (χ0v) is 10.9. The molecule has 18 heavy (non-hydrogen) atoms. The second-order valence-corrected chi connectivity index (χ2v) is 4.90. The predicted octanol–water partition coefficient (Wildman–Crippen LogP) is 2.42. The lowest BCUT2D eigenvalue weighted by molar-refractivity contribution is 0.438. The minimum absolute atomic E-state index is 0.155. The van der Waals surface area contributed by atoms with Gasteiger partial charge in [-0.1, -0.05) is 32.0 Å². The van der Waals surface area contributed by atoms with Crippen molar-refractivity contribution in [2.24, 2.45) is 11.8 Å². The lowest BCUT2D eigenvalue weighted by atomic mass is 10.0. The van der Waals surface area contributed by atoms with Gasteiger partial charge in [-0.05, 0) is 24.5 Å². The summed E-state index contributed by atoms with van der Waals surface area (Å²) in [5.74, 6) is 6.20. The average Bonchev–Trinajstić information content (AvgIpc) is 2.86. The molecule has 0 radical (unpaired) electrons. The number of benzene rings is 1. The highest BCUT2D eigenvalue weighted by molar-refractivity contribution is 5.31. The first kappa shape index (κ1) is 12.8. The second kappa shape index (κ2) is 5.80. The third kappa shape index (κ3) is 2.97. The summed E-state index contributed by atoms with van der Waals surface area (Å²) in [5.41, 5.74) is 5.04. The van der Waals surface area contributed by atoms with E-state index in [9.17, 15) is 0 Å². The molecule has 0 aliphatic rings. The normalized spacial score (nSPS) is 12.9. The predicted molar refractivity (Wildman–Crippen MR) is 73.1 cm³/mol. The molecule has 0 bridgehead atoms. The van der Waals surface area contributed by atoms with Crippen LogP contribution in [0.25, 0.3) is 5.69 Å². The number of hydrogen-bond donors (Lipinski definition) is 2. The molecule has 2 aromatic rings. The van der Waals surface area contributed by atoms with Gasteiger partial charge in [0.05, 0.1) is 11.9 Å². The molecule has 4 nitrogen and oxygen atoms in total. The first-order valence-electron chi connectivity index (χ1n) is 6.27. The molecule has 0 saturated carbocycles. The van der Waals surface area contributed by atoms with Gasteiger partial charge in [-0.2, -0.15) is 5.10 Å². The molecule has 4 heteroatoms. The third-order valence-corrected chi connectivity index (χ3v) is 2.93. The van der Waals surface area contributed by atoms with Crippen molar-refractivity contribution in [2.45, 2.75) is 26.3 Å². The van der Waals surface area contributed by atoms with Gasteiger partial charge in [0.25, 0.3) is 0 Å². The van der Waals surface area contributed by atoms with Crippen molar-refractivity contribution in [3.63, 3.8) is 0 Å². The highest BCUT2D eigenvalue weighted by atomic mass is 15.3. The fourth-order valence-electron chi connectivity index (χ4n) is 2.01. The van der Waals surface area contributed by atoms with Crippen LogP contribution in [0, 0.1) is 5.92 Å². The Balaban J connectivity index is 2.19. The molecule has 0 spiro atoms. The number of para-hydroxylation sites is 1. The van der Waals surface area contributed by atoms with Crippen molar-refractivity contribution < 1.29 is 0 Å². The Morgan fingerprint density at radius 1 is 1.28 bits per heavy atom. The molecule has 3 N–H and O–H groups in total. The molecule has 96 valence electrons. The first-order chi connectivity index (χ1) is 8.70. The number of nitrogens with one attached hydrogen (secondary N) is 1. The van der Waals surface area contributed by atoms with Gasteiger partial charge in [0.2, 0.25) is 0 Å². The van der Waals surface area contributed by atoms with Gasteiger partial charge in [0.1, 0.15) is 0 Å². The summed E-state index contributed by atoms with van der Waals surface area (Å²) in [5, 5.41) is 4.38. The van der Waals surface area contributed by atoms with Crippen molar-refractivity contribution in [1.29, 1.82) is 0 Å². The monoisotopic (exact) mass is 244 g/mol. The number of rotatable bonds is 5. The molecule has 1 unspecified atom stereocenters. The molecule has 0 amide bonds. The summed E-state index contributed by atoms with van der Waals surface area (Å²) in [7, 11) is 0. The average molecular weight is 244 g/mol. The van der Waals surface area contributed by atoms with Crippen molar-refractivity contribution in [3.05, 3.63) is 48.3 Å². The van der Waals surface area contributed by atoms with Crippen LogP contribution in [0.4, 0.5) is 0 Å². The molecule has 0 aliphatic carbocycles. The number of aromatic nitrogens is 2. The van der Waals surface area contributed by atoms with Crippen LogP contribution in [-0.4, -0.2) is 9.78 Å². The molecular formula is C14H20N4. The molecule has 1 aromatic carbocycles. The zero-order chi connectivity index (χ0) is 13.0. The molecule has 1 atom stereocenters. The van der Waals surface area contributed by atoms with Crippen LogP contribution in [0.3, 0.4) is 0 Å². The summed E-state index contributed by atoms with van der Waals surface area (Å²) >= 11 is 0. The quantitative estimate of drug-likeness (QED) is 0.627. The maximum absolute atomic E-state index is 5.61. The van der Waals surface area contributed by atoms with E-state index in [1.165, 1.54) is 0 Å². The Kier molecular flexibility index (Phi) is 4.12. The molecule has 0 saturated heterocycles. The fraction of sp³-hybridized carbons (Fsp3) is 0.357. The first-order valence-corrected chi connectivity index (χ1v) is 6.27. The Hall–Kier alpha value is -1.65. The van der Waals surface area contributed by atoms with Gasteiger partial charge in [0.15, 0.2) is 0 Å². The van der Waals surface area contributed by atoms with Crippen LogP contribution < -0.4 is 11.3 Å². The maximum Gasteiger partial charge on any atom is 0.0645 e. The Morgan fingerprint density at radius 3 is 2.61 bits per heavy atom. The Morgan fingerprint density at radius 2 is 2.00 bits per heavy atom. The topological polar surface area (TPSA) is 55.9 Å². The van der Waals surface area contributed by atoms with Crippen LogP contribution in [0.5, 0.6) is 0 Å². The summed E-state index contributed by atoms with van der Waals surface area (Å²) < 4.78 is 1.88. The lowest BCUT2D eigenvalue weighted by Crippen LogP contribution is -2.28. The van der Waals surface area contributed by atoms with Gasteiger partial charge in [0, 0.05) is 17.8 Å². The molecule has 2 rings (SSSR count). The second-order valence-electron chi connectivity index (χ2n) is 4.90. The summed E-state index contributed by atoms with van der Waals surface area (Å²) in [6.45, 7) is 4.37. The number of hydrazine groups is 1. The van der Waals surface area contributed by atoms with E-state index in [0.29, 0.717) is 5.92 Å². The van der Waals surface area contributed by atoms with Gasteiger partial charge in [-0.3, -0.25) is 11.3 Å². The largest absolute Gasteiger partial charge is 0.271 e. The Bertz CT molecular complexity index is 476. The van der Waals surface area contributed by atoms with E-state index in [1.54, 1.807) is 0 Å². The van der Waals surface area contributed by atoms with Crippen molar-refractivity contribution >= 4 is 0 Å². The standard InChI is InChI=1S/C14H20N4/c1-11(2)8-14(17-15)12-9-16-18(10-12)13-6-4-3-5-7-13/h3-7,9-11,14,17H,8,15H2,1-2H3. The summed E-state index contributed by atoms with van der Waals surface area (Å²) in [6, 6.07) is 10.2. The minimum atomic E-state index is 0.155. The molecule has 1 heterocycles. The van der Waals surface area contributed by atoms with E-state index >= 15 is 0 Å². The zero-order valence-electron chi connectivity index (χ0n) is 10.9. The van der Waals surface area contributed by atoms with Crippen molar-refractivity contribution in [2.75, 3.05) is 0 Å². The summed E-state index contributed by atoms with van der Waals surface area (Å²) in [6.07, 6.45) is 4.90. The van der Waals surface area contributed by atoms with Crippen LogP contribution in [0.2, 0.25) is 0 Å². The van der Waals surface area contributed by atoms with Crippen LogP contribution in [-0.2, 0) is 0 Å². The van der Waals surface area contributed by atoms with Gasteiger partial charge in [-0.25, -0.2) is 4.68 Å². The number of nitrogens with two attached hydrogens (primary N) is 1. The van der Waals surface area contributed by atoms with Crippen molar-refractivity contribution in [3.8, 4) is 5.69 Å². The van der Waals surface area contributed by atoms with E-state index in [2.05, 4.69) is 24.4 Å². The fourth-order valence-corrected chi connectivity index (χ4v) is 2.01. The molecular weight excluding hydrogens is 224 g/mol. The van der Waals surface area contributed by atoms with E-state index in [4.69, 9.17) is 5.84 Å². The number of nitrogens with zero attached hydrogens (tertiary/aromatic N) is 2. The van der Waals surface area contributed by atoms with Gasteiger partial charge in [-0.15, -0.1) is 0 Å². The lowest BCUT2D eigenvalue weighted by Gasteiger charge is -2.16. The minimum Gasteiger partial charge on any atom is -0.271 e. The molecule has 0 fully saturated rings.